The van der Waals surface area contributed by atoms with E-state index in [-0.39, 0.29) is 6.54 Å². The fourth-order valence-electron chi connectivity index (χ4n) is 3.74. The molecule has 172 valence electrons. The van der Waals surface area contributed by atoms with Crippen molar-refractivity contribution in [3.05, 3.63) is 99.8 Å². The molecule has 11 heteroatoms. The van der Waals surface area contributed by atoms with Crippen LogP contribution in [-0.2, 0) is 12.7 Å². The van der Waals surface area contributed by atoms with Gasteiger partial charge < -0.3 is 0 Å². The van der Waals surface area contributed by atoms with Gasteiger partial charge in [0.1, 0.15) is 17.2 Å². The number of aryl methyl sites for hydroxylation is 1. The van der Waals surface area contributed by atoms with Crippen LogP contribution in [0.2, 0.25) is 5.02 Å². The predicted octanol–water partition coefficient (Wildman–Crippen LogP) is 4.77. The molecule has 0 bridgehead atoms. The average Bonchev–Trinajstić information content (AvgIpc) is 3.36. The van der Waals surface area contributed by atoms with E-state index >= 15 is 0 Å². The molecule has 5 rings (SSSR count). The fourth-order valence-corrected chi connectivity index (χ4v) is 3.87. The maximum atomic E-state index is 13.1. The quantitative estimate of drug-likeness (QED) is 0.368. The lowest BCUT2D eigenvalue weighted by atomic mass is 10.0. The Morgan fingerprint density at radius 3 is 2.38 bits per heavy atom. The van der Waals surface area contributed by atoms with Crippen molar-refractivity contribution < 1.29 is 13.2 Å². The van der Waals surface area contributed by atoms with Gasteiger partial charge in [0.15, 0.2) is 5.65 Å². The zero-order valence-corrected chi connectivity index (χ0v) is 18.4. The molecule has 0 aliphatic heterocycles. The number of hydrogen-bond donors (Lipinski definition) is 0. The molecule has 0 radical (unpaired) electrons. The predicted molar refractivity (Wildman–Crippen MR) is 120 cm³/mol. The van der Waals surface area contributed by atoms with Gasteiger partial charge in [0, 0.05) is 35.4 Å². The molecule has 0 unspecified atom stereocenters. The number of aromatic nitrogens is 6. The summed E-state index contributed by atoms with van der Waals surface area (Å²) in [5.41, 5.74) is 1.67. The number of fused-ring (bicyclic) bond motifs is 1. The van der Waals surface area contributed by atoms with E-state index in [4.69, 9.17) is 11.6 Å². The highest BCUT2D eigenvalue weighted by molar-refractivity contribution is 6.30. The zero-order valence-electron chi connectivity index (χ0n) is 17.7. The van der Waals surface area contributed by atoms with Gasteiger partial charge in [-0.15, -0.1) is 5.10 Å². The zero-order chi connectivity index (χ0) is 24.0. The van der Waals surface area contributed by atoms with Crippen molar-refractivity contribution in [1.29, 1.82) is 0 Å². The number of benzene rings is 1. The highest BCUT2D eigenvalue weighted by Gasteiger charge is 2.32. The molecule has 34 heavy (non-hydrogen) atoms. The van der Waals surface area contributed by atoms with E-state index in [9.17, 15) is 18.0 Å². The van der Waals surface area contributed by atoms with E-state index in [1.165, 1.54) is 15.1 Å². The Morgan fingerprint density at radius 2 is 1.76 bits per heavy atom. The number of alkyl halides is 3. The molecule has 0 spiro atoms. The van der Waals surface area contributed by atoms with Crippen LogP contribution < -0.4 is 5.69 Å². The molecule has 0 atom stereocenters. The SMILES string of the molecule is Cc1nccn1-c1c(-c2ccc(Cl)cc2)ccn2c(=O)n(Cc3ccc(C(F)(F)F)nc3)nc12. The maximum Gasteiger partial charge on any atom is 0.433 e. The van der Waals surface area contributed by atoms with Crippen LogP contribution in [-0.4, -0.2) is 28.7 Å². The molecule has 0 amide bonds. The first-order chi connectivity index (χ1) is 16.2. The van der Waals surface area contributed by atoms with Gasteiger partial charge in [-0.2, -0.15) is 13.2 Å². The summed E-state index contributed by atoms with van der Waals surface area (Å²) >= 11 is 6.05. The molecule has 0 saturated carbocycles. The number of pyridine rings is 2. The van der Waals surface area contributed by atoms with E-state index in [0.29, 0.717) is 27.7 Å². The Morgan fingerprint density at radius 1 is 1.00 bits per heavy atom. The van der Waals surface area contributed by atoms with Gasteiger partial charge >= 0.3 is 11.9 Å². The van der Waals surface area contributed by atoms with Crippen molar-refractivity contribution in [2.45, 2.75) is 19.6 Å². The summed E-state index contributed by atoms with van der Waals surface area (Å²) in [5.74, 6) is 0.692. The first-order valence-corrected chi connectivity index (χ1v) is 10.5. The third-order valence-corrected chi connectivity index (χ3v) is 5.65. The molecule has 1 aromatic carbocycles. The topological polar surface area (TPSA) is 70.0 Å². The van der Waals surface area contributed by atoms with E-state index in [1.54, 1.807) is 36.8 Å². The summed E-state index contributed by atoms with van der Waals surface area (Å²) < 4.78 is 42.9. The van der Waals surface area contributed by atoms with Crippen LogP contribution in [0.1, 0.15) is 17.1 Å². The van der Waals surface area contributed by atoms with Crippen LogP contribution in [0.25, 0.3) is 22.5 Å². The molecule has 0 N–H and O–H groups in total. The fraction of sp³-hybridized carbons (Fsp3) is 0.130. The van der Waals surface area contributed by atoms with Gasteiger partial charge in [-0.1, -0.05) is 29.8 Å². The van der Waals surface area contributed by atoms with Crippen LogP contribution >= 0.6 is 11.6 Å². The lowest BCUT2D eigenvalue weighted by molar-refractivity contribution is -0.141. The standard InChI is InChI=1S/C23H16ClF3N6O/c1-14-28-9-11-31(14)20-18(16-3-5-17(24)6-4-16)8-10-32-21(20)30-33(22(32)34)13-15-2-7-19(29-12-15)23(25,26)27/h2-12H,13H2,1H3. The van der Waals surface area contributed by atoms with Crippen molar-refractivity contribution in [3.63, 3.8) is 0 Å². The molecule has 4 aromatic heterocycles. The Balaban J connectivity index is 1.66. The van der Waals surface area contributed by atoms with Gasteiger partial charge in [0.2, 0.25) is 0 Å². The first kappa shape index (κ1) is 21.9. The summed E-state index contributed by atoms with van der Waals surface area (Å²) in [6, 6.07) is 11.3. The highest BCUT2D eigenvalue weighted by atomic mass is 35.5. The minimum Gasteiger partial charge on any atom is -0.300 e. The molecule has 0 saturated heterocycles. The number of nitrogens with zero attached hydrogens (tertiary/aromatic N) is 6. The monoisotopic (exact) mass is 484 g/mol. The molecule has 7 nitrogen and oxygen atoms in total. The van der Waals surface area contributed by atoms with E-state index < -0.39 is 17.6 Å². The van der Waals surface area contributed by atoms with Crippen molar-refractivity contribution in [2.24, 2.45) is 0 Å². The molecular weight excluding hydrogens is 469 g/mol. The molecule has 0 aliphatic rings. The molecular formula is C23H16ClF3N6O. The summed E-state index contributed by atoms with van der Waals surface area (Å²) in [4.78, 5) is 20.8. The van der Waals surface area contributed by atoms with Crippen molar-refractivity contribution in [3.8, 4) is 16.8 Å². The van der Waals surface area contributed by atoms with Gasteiger partial charge in [-0.3, -0.25) is 9.55 Å². The minimum atomic E-state index is -4.53. The van der Waals surface area contributed by atoms with Crippen molar-refractivity contribution in [1.82, 2.24) is 28.7 Å². The second-order valence-corrected chi connectivity index (χ2v) is 8.05. The molecule has 4 heterocycles. The lowest BCUT2D eigenvalue weighted by Gasteiger charge is -2.13. The third kappa shape index (κ3) is 3.86. The number of rotatable bonds is 4. The molecule has 5 aromatic rings. The van der Waals surface area contributed by atoms with Crippen LogP contribution in [0.3, 0.4) is 0 Å². The average molecular weight is 485 g/mol. The molecule has 0 aliphatic carbocycles. The van der Waals surface area contributed by atoms with Crippen LogP contribution in [0.4, 0.5) is 13.2 Å². The second-order valence-electron chi connectivity index (χ2n) is 7.61. The Hall–Kier alpha value is -3.92. The largest absolute Gasteiger partial charge is 0.433 e. The van der Waals surface area contributed by atoms with Gasteiger partial charge in [-0.05, 0) is 42.3 Å². The van der Waals surface area contributed by atoms with Crippen molar-refractivity contribution in [2.75, 3.05) is 0 Å². The summed E-state index contributed by atoms with van der Waals surface area (Å²) in [6.07, 6.45) is 1.60. The number of halogens is 4. The van der Waals surface area contributed by atoms with Gasteiger partial charge in [0.05, 0.1) is 6.54 Å². The summed E-state index contributed by atoms with van der Waals surface area (Å²) in [7, 11) is 0. The van der Waals surface area contributed by atoms with Crippen LogP contribution in [0.15, 0.2) is 72.0 Å². The normalized spacial score (nSPS) is 11.9. The summed E-state index contributed by atoms with van der Waals surface area (Å²) in [5, 5.41) is 5.12. The number of imidazole rings is 1. The third-order valence-electron chi connectivity index (χ3n) is 5.40. The lowest BCUT2D eigenvalue weighted by Crippen LogP contribution is -2.22. The first-order valence-electron chi connectivity index (χ1n) is 10.1. The highest BCUT2D eigenvalue weighted by Crippen LogP contribution is 2.31. The maximum absolute atomic E-state index is 13.1. The number of hydrogen-bond acceptors (Lipinski definition) is 4. The van der Waals surface area contributed by atoms with Gasteiger partial charge in [-0.25, -0.2) is 18.9 Å². The van der Waals surface area contributed by atoms with E-state index in [2.05, 4.69) is 15.1 Å². The minimum absolute atomic E-state index is 0.0374. The molecule has 0 fully saturated rings. The Labute approximate surface area is 195 Å². The summed E-state index contributed by atoms with van der Waals surface area (Å²) in [6.45, 7) is 1.79. The van der Waals surface area contributed by atoms with E-state index in [0.717, 1.165) is 23.4 Å². The van der Waals surface area contributed by atoms with Gasteiger partial charge in [0.25, 0.3) is 0 Å². The Kier molecular flexibility index (Phi) is 5.24. The van der Waals surface area contributed by atoms with E-state index in [1.807, 2.05) is 23.6 Å². The smallest absolute Gasteiger partial charge is 0.300 e. The van der Waals surface area contributed by atoms with Crippen LogP contribution in [0, 0.1) is 6.92 Å². The van der Waals surface area contributed by atoms with Crippen LogP contribution in [0.5, 0.6) is 0 Å². The second kappa shape index (κ2) is 8.14. The van der Waals surface area contributed by atoms with Crippen molar-refractivity contribution >= 4 is 17.2 Å². The Bertz CT molecular complexity index is 1550.